The number of halogens is 1. The molecule has 2 aromatic rings. The normalized spacial score (nSPS) is 14.3. The van der Waals surface area contributed by atoms with Crippen LogP contribution in [0, 0.1) is 5.82 Å². The predicted octanol–water partition coefficient (Wildman–Crippen LogP) is 2.56. The number of nitrogens with zero attached hydrogens (tertiary/aromatic N) is 2. The predicted molar refractivity (Wildman–Crippen MR) is 113 cm³/mol. The zero-order valence-electron chi connectivity index (χ0n) is 17.2. The standard InChI is InChI=1S/C22H26FN3O4/c1-16(27)24-18-6-7-21(22(13-18)29-2)30-15-20(28)14-25-8-10-26(11-9-25)19-5-3-4-17(23)12-19/h3-7,12-13H,8-11,14-15H2,1-2H3,(H,24,27). The van der Waals surface area contributed by atoms with Gasteiger partial charge in [0.15, 0.2) is 17.3 Å². The summed E-state index contributed by atoms with van der Waals surface area (Å²) < 4.78 is 24.3. The number of amides is 1. The molecule has 0 radical (unpaired) electrons. The lowest BCUT2D eigenvalue weighted by Crippen LogP contribution is -2.48. The fourth-order valence-corrected chi connectivity index (χ4v) is 3.36. The van der Waals surface area contributed by atoms with Crippen molar-refractivity contribution in [1.82, 2.24) is 4.90 Å². The third-order valence-corrected chi connectivity index (χ3v) is 4.82. The number of nitrogens with one attached hydrogen (secondary N) is 1. The van der Waals surface area contributed by atoms with E-state index in [-0.39, 0.29) is 24.1 Å². The van der Waals surface area contributed by atoms with Crippen LogP contribution in [-0.2, 0) is 9.59 Å². The minimum Gasteiger partial charge on any atom is -0.493 e. The van der Waals surface area contributed by atoms with E-state index in [0.717, 1.165) is 31.9 Å². The number of ether oxygens (including phenoxy) is 2. The molecule has 0 aromatic heterocycles. The van der Waals surface area contributed by atoms with Crippen LogP contribution in [0.3, 0.4) is 0 Å². The number of hydrogen-bond donors (Lipinski definition) is 1. The van der Waals surface area contributed by atoms with Crippen molar-refractivity contribution in [3.63, 3.8) is 0 Å². The van der Waals surface area contributed by atoms with Gasteiger partial charge in [-0.3, -0.25) is 14.5 Å². The van der Waals surface area contributed by atoms with Gasteiger partial charge < -0.3 is 19.7 Å². The van der Waals surface area contributed by atoms with E-state index in [1.54, 1.807) is 24.3 Å². The number of hydrogen-bond acceptors (Lipinski definition) is 6. The Morgan fingerprint density at radius 3 is 2.50 bits per heavy atom. The van der Waals surface area contributed by atoms with Crippen LogP contribution in [0.25, 0.3) is 0 Å². The molecule has 0 spiro atoms. The van der Waals surface area contributed by atoms with Gasteiger partial charge in [0, 0.05) is 50.5 Å². The average Bonchev–Trinajstić information content (AvgIpc) is 2.73. The molecule has 1 fully saturated rings. The molecule has 1 amide bonds. The molecule has 0 unspecified atom stereocenters. The van der Waals surface area contributed by atoms with Crippen LogP contribution in [-0.4, -0.2) is 63.0 Å². The number of rotatable bonds is 8. The van der Waals surface area contributed by atoms with Crippen molar-refractivity contribution in [2.24, 2.45) is 0 Å². The van der Waals surface area contributed by atoms with E-state index in [4.69, 9.17) is 9.47 Å². The van der Waals surface area contributed by atoms with E-state index in [9.17, 15) is 14.0 Å². The number of ketones is 1. The molecule has 1 aliphatic rings. The summed E-state index contributed by atoms with van der Waals surface area (Å²) in [5, 5.41) is 2.67. The summed E-state index contributed by atoms with van der Waals surface area (Å²) in [6, 6.07) is 11.6. The SMILES string of the molecule is COc1cc(NC(C)=O)ccc1OCC(=O)CN1CCN(c2cccc(F)c2)CC1. The van der Waals surface area contributed by atoms with Crippen molar-refractivity contribution in [1.29, 1.82) is 0 Å². The maximum atomic E-state index is 13.4. The van der Waals surface area contributed by atoms with Gasteiger partial charge in [-0.05, 0) is 30.3 Å². The van der Waals surface area contributed by atoms with E-state index in [2.05, 4.69) is 15.1 Å². The second-order valence-electron chi connectivity index (χ2n) is 7.12. The number of carbonyl (C=O) groups excluding carboxylic acids is 2. The third kappa shape index (κ3) is 5.93. The largest absolute Gasteiger partial charge is 0.493 e. The number of carbonyl (C=O) groups is 2. The van der Waals surface area contributed by atoms with Crippen LogP contribution in [0.15, 0.2) is 42.5 Å². The molecule has 0 saturated carbocycles. The summed E-state index contributed by atoms with van der Waals surface area (Å²) in [5.74, 6) is 0.414. The summed E-state index contributed by atoms with van der Waals surface area (Å²) in [7, 11) is 1.50. The number of benzene rings is 2. The van der Waals surface area contributed by atoms with Crippen molar-refractivity contribution >= 4 is 23.1 Å². The monoisotopic (exact) mass is 415 g/mol. The lowest BCUT2D eigenvalue weighted by molar-refractivity contribution is -0.122. The Kier molecular flexibility index (Phi) is 7.24. The molecular weight excluding hydrogens is 389 g/mol. The van der Waals surface area contributed by atoms with Crippen LogP contribution in [0.2, 0.25) is 0 Å². The van der Waals surface area contributed by atoms with Gasteiger partial charge in [0.1, 0.15) is 12.4 Å². The lowest BCUT2D eigenvalue weighted by Gasteiger charge is -2.35. The summed E-state index contributed by atoms with van der Waals surface area (Å²) in [6.07, 6.45) is 0. The van der Waals surface area contributed by atoms with Crippen molar-refractivity contribution in [3.8, 4) is 11.5 Å². The Morgan fingerprint density at radius 1 is 1.07 bits per heavy atom. The van der Waals surface area contributed by atoms with E-state index < -0.39 is 0 Å². The fraction of sp³-hybridized carbons (Fsp3) is 0.364. The van der Waals surface area contributed by atoms with Crippen molar-refractivity contribution in [2.75, 3.05) is 56.7 Å². The Morgan fingerprint density at radius 2 is 1.83 bits per heavy atom. The first-order valence-electron chi connectivity index (χ1n) is 9.77. The highest BCUT2D eigenvalue weighted by atomic mass is 19.1. The minimum absolute atomic E-state index is 0.0396. The molecule has 0 bridgehead atoms. The minimum atomic E-state index is -0.247. The maximum Gasteiger partial charge on any atom is 0.221 e. The topological polar surface area (TPSA) is 71.1 Å². The second kappa shape index (κ2) is 10.1. The zero-order valence-corrected chi connectivity index (χ0v) is 17.2. The van der Waals surface area contributed by atoms with E-state index in [0.29, 0.717) is 23.7 Å². The Labute approximate surface area is 175 Å². The first-order valence-corrected chi connectivity index (χ1v) is 9.77. The Bertz CT molecular complexity index is 898. The average molecular weight is 415 g/mol. The van der Waals surface area contributed by atoms with Crippen molar-refractivity contribution in [3.05, 3.63) is 48.3 Å². The molecule has 1 N–H and O–H groups in total. The van der Waals surface area contributed by atoms with Crippen LogP contribution >= 0.6 is 0 Å². The van der Waals surface area contributed by atoms with Crippen LogP contribution in [0.4, 0.5) is 15.8 Å². The van der Waals surface area contributed by atoms with Gasteiger partial charge >= 0.3 is 0 Å². The van der Waals surface area contributed by atoms with Crippen LogP contribution in [0.5, 0.6) is 11.5 Å². The quantitative estimate of drug-likeness (QED) is 0.715. The number of piperazine rings is 1. The van der Waals surface area contributed by atoms with Gasteiger partial charge in [-0.25, -0.2) is 4.39 Å². The number of methoxy groups -OCH3 is 1. The van der Waals surface area contributed by atoms with Gasteiger partial charge in [-0.15, -0.1) is 0 Å². The third-order valence-electron chi connectivity index (χ3n) is 4.82. The van der Waals surface area contributed by atoms with E-state index in [1.165, 1.54) is 26.2 Å². The molecule has 30 heavy (non-hydrogen) atoms. The van der Waals surface area contributed by atoms with E-state index in [1.807, 2.05) is 6.07 Å². The second-order valence-corrected chi connectivity index (χ2v) is 7.12. The number of Topliss-reactive ketones (excluding diaryl/α,β-unsaturated/α-hetero) is 1. The molecule has 0 atom stereocenters. The molecular formula is C22H26FN3O4. The summed E-state index contributed by atoms with van der Waals surface area (Å²) in [6.45, 7) is 4.55. The summed E-state index contributed by atoms with van der Waals surface area (Å²) in [4.78, 5) is 27.7. The summed E-state index contributed by atoms with van der Waals surface area (Å²) in [5.41, 5.74) is 1.45. The Hall–Kier alpha value is -3.13. The molecule has 1 saturated heterocycles. The van der Waals surface area contributed by atoms with Crippen LogP contribution in [0.1, 0.15) is 6.92 Å². The number of anilines is 2. The highest BCUT2D eigenvalue weighted by molar-refractivity contribution is 5.89. The highest BCUT2D eigenvalue weighted by Gasteiger charge is 2.20. The van der Waals surface area contributed by atoms with Crippen LogP contribution < -0.4 is 19.7 Å². The van der Waals surface area contributed by atoms with Crippen molar-refractivity contribution < 1.29 is 23.5 Å². The lowest BCUT2D eigenvalue weighted by atomic mass is 10.2. The molecule has 3 rings (SSSR count). The molecule has 0 aliphatic carbocycles. The fourth-order valence-electron chi connectivity index (χ4n) is 3.36. The van der Waals surface area contributed by atoms with Crippen molar-refractivity contribution in [2.45, 2.75) is 6.92 Å². The first-order chi connectivity index (χ1) is 14.4. The molecule has 1 aliphatic heterocycles. The molecule has 160 valence electrons. The smallest absolute Gasteiger partial charge is 0.221 e. The maximum absolute atomic E-state index is 13.4. The molecule has 2 aromatic carbocycles. The zero-order chi connectivity index (χ0) is 21.5. The first kappa shape index (κ1) is 21.6. The summed E-state index contributed by atoms with van der Waals surface area (Å²) >= 11 is 0. The van der Waals surface area contributed by atoms with Gasteiger partial charge in [0.25, 0.3) is 0 Å². The molecule has 1 heterocycles. The van der Waals surface area contributed by atoms with E-state index >= 15 is 0 Å². The van der Waals surface area contributed by atoms with Gasteiger partial charge in [-0.1, -0.05) is 6.07 Å². The van der Waals surface area contributed by atoms with Gasteiger partial charge in [-0.2, -0.15) is 0 Å². The highest BCUT2D eigenvalue weighted by Crippen LogP contribution is 2.30. The Balaban J connectivity index is 1.47. The van der Waals surface area contributed by atoms with Gasteiger partial charge in [0.2, 0.25) is 5.91 Å². The molecule has 7 nitrogen and oxygen atoms in total. The molecule has 8 heteroatoms. The van der Waals surface area contributed by atoms with Gasteiger partial charge in [0.05, 0.1) is 13.7 Å².